The van der Waals surface area contributed by atoms with Gasteiger partial charge < -0.3 is 4.74 Å². The molecule has 0 bridgehead atoms. The Morgan fingerprint density at radius 1 is 1.53 bits per heavy atom. The Hall–Kier alpha value is -2.34. The molecule has 0 aliphatic rings. The van der Waals surface area contributed by atoms with Gasteiger partial charge in [-0.25, -0.2) is 8.42 Å². The fraction of sp³-hybridized carbons (Fsp3) is 0.300. The van der Waals surface area contributed by atoms with Crippen molar-refractivity contribution in [2.75, 3.05) is 11.8 Å². The van der Waals surface area contributed by atoms with Gasteiger partial charge in [0.2, 0.25) is 10.0 Å². The Labute approximate surface area is 109 Å². The van der Waals surface area contributed by atoms with E-state index in [-0.39, 0.29) is 17.1 Å². The highest BCUT2D eigenvalue weighted by Gasteiger charge is 2.22. The third-order valence-electron chi connectivity index (χ3n) is 2.30. The summed E-state index contributed by atoms with van der Waals surface area (Å²) < 4.78 is 30.4. The van der Waals surface area contributed by atoms with Crippen molar-refractivity contribution in [2.45, 2.75) is 12.2 Å². The third-order valence-corrected chi connectivity index (χ3v) is 3.84. The second kappa shape index (κ2) is 5.53. The number of nitro groups is 1. The van der Waals surface area contributed by atoms with Crippen LogP contribution in [0.25, 0.3) is 0 Å². The van der Waals surface area contributed by atoms with E-state index in [2.05, 4.69) is 4.72 Å². The number of nitrogens with zero attached hydrogens (tertiary/aromatic N) is 2. The summed E-state index contributed by atoms with van der Waals surface area (Å²) in [4.78, 5) is 9.96. The Balaban J connectivity index is 3.16. The minimum Gasteiger partial charge on any atom is -0.494 e. The van der Waals surface area contributed by atoms with E-state index < -0.39 is 20.2 Å². The molecule has 0 aliphatic heterocycles. The second-order valence-electron chi connectivity index (χ2n) is 3.56. The number of benzene rings is 1. The van der Waals surface area contributed by atoms with Gasteiger partial charge in [-0.2, -0.15) is 5.26 Å². The number of sulfonamides is 1. The van der Waals surface area contributed by atoms with Gasteiger partial charge in [0.25, 0.3) is 5.69 Å². The number of ether oxygens (including phenoxy) is 1. The Bertz CT molecular complexity index is 635. The molecule has 9 heteroatoms. The first-order valence-electron chi connectivity index (χ1n) is 5.05. The van der Waals surface area contributed by atoms with Crippen LogP contribution in [0.4, 0.5) is 11.4 Å². The molecule has 1 rings (SSSR count). The van der Waals surface area contributed by atoms with E-state index in [9.17, 15) is 18.5 Å². The van der Waals surface area contributed by atoms with Crippen molar-refractivity contribution < 1.29 is 18.1 Å². The maximum Gasteiger partial charge on any atom is 0.273 e. The number of nitrogens with one attached hydrogen (secondary N) is 1. The van der Waals surface area contributed by atoms with Crippen LogP contribution in [0.3, 0.4) is 0 Å². The number of hydrogen-bond acceptors (Lipinski definition) is 6. The fourth-order valence-electron chi connectivity index (χ4n) is 1.19. The molecule has 0 fully saturated rings. The Morgan fingerprint density at radius 3 is 2.63 bits per heavy atom. The molecule has 1 atom stereocenters. The topological polar surface area (TPSA) is 122 Å². The molecule has 1 N–H and O–H groups in total. The van der Waals surface area contributed by atoms with Gasteiger partial charge in [-0.15, -0.1) is 0 Å². The lowest BCUT2D eigenvalue weighted by Gasteiger charge is -2.12. The Kier molecular flexibility index (Phi) is 4.29. The van der Waals surface area contributed by atoms with E-state index in [0.717, 1.165) is 12.1 Å². The summed E-state index contributed by atoms with van der Waals surface area (Å²) >= 11 is 0. The minimum atomic E-state index is -3.89. The zero-order chi connectivity index (χ0) is 14.6. The van der Waals surface area contributed by atoms with Crippen LogP contribution in [0.15, 0.2) is 18.2 Å². The van der Waals surface area contributed by atoms with Gasteiger partial charge in [0, 0.05) is 6.07 Å². The maximum atomic E-state index is 11.7. The lowest BCUT2D eigenvalue weighted by Crippen LogP contribution is -2.24. The maximum absolute atomic E-state index is 11.7. The van der Waals surface area contributed by atoms with Crippen LogP contribution in [-0.2, 0) is 10.0 Å². The zero-order valence-corrected chi connectivity index (χ0v) is 11.0. The molecule has 0 heterocycles. The van der Waals surface area contributed by atoms with Gasteiger partial charge in [-0.1, -0.05) is 0 Å². The summed E-state index contributed by atoms with van der Waals surface area (Å²) in [7, 11) is -2.64. The number of anilines is 1. The lowest BCUT2D eigenvalue weighted by atomic mass is 10.2. The van der Waals surface area contributed by atoms with Crippen LogP contribution in [0.1, 0.15) is 6.92 Å². The molecule has 0 amide bonds. The summed E-state index contributed by atoms with van der Waals surface area (Å²) in [6, 6.07) is 5.03. The normalized spacial score (nSPS) is 12.3. The van der Waals surface area contributed by atoms with E-state index in [0.29, 0.717) is 0 Å². The van der Waals surface area contributed by atoms with E-state index in [1.54, 1.807) is 6.07 Å². The first kappa shape index (κ1) is 14.7. The van der Waals surface area contributed by atoms with Crippen molar-refractivity contribution >= 4 is 21.4 Å². The van der Waals surface area contributed by atoms with Gasteiger partial charge in [0.15, 0.2) is 5.25 Å². The standard InChI is InChI=1S/C10H11N3O5S/c1-7(6-11)19(16,17)12-9-4-3-8(13(14)15)5-10(9)18-2/h3-5,7,12H,1-2H3. The molecule has 1 unspecified atom stereocenters. The third kappa shape index (κ3) is 3.32. The zero-order valence-electron chi connectivity index (χ0n) is 10.2. The van der Waals surface area contributed by atoms with Gasteiger partial charge >= 0.3 is 0 Å². The summed E-state index contributed by atoms with van der Waals surface area (Å²) in [5, 5.41) is 17.9. The van der Waals surface area contributed by atoms with E-state index >= 15 is 0 Å². The summed E-state index contributed by atoms with van der Waals surface area (Å²) in [6.45, 7) is 1.22. The predicted molar refractivity (Wildman–Crippen MR) is 67.3 cm³/mol. The lowest BCUT2D eigenvalue weighted by molar-refractivity contribution is -0.384. The number of hydrogen-bond donors (Lipinski definition) is 1. The monoisotopic (exact) mass is 285 g/mol. The van der Waals surface area contributed by atoms with E-state index in [1.807, 2.05) is 0 Å². The first-order chi connectivity index (χ1) is 8.81. The van der Waals surface area contributed by atoms with Crippen molar-refractivity contribution in [1.29, 1.82) is 5.26 Å². The minimum absolute atomic E-state index is 0.00270. The summed E-state index contributed by atoms with van der Waals surface area (Å²) in [6.07, 6.45) is 0. The van der Waals surface area contributed by atoms with Gasteiger partial charge in [-0.3, -0.25) is 14.8 Å². The molecular formula is C10H11N3O5S. The number of nitriles is 1. The number of non-ortho nitro benzene ring substituents is 1. The van der Waals surface area contributed by atoms with Gasteiger partial charge in [0.1, 0.15) is 5.75 Å². The van der Waals surface area contributed by atoms with Gasteiger partial charge in [0.05, 0.1) is 29.9 Å². The quantitative estimate of drug-likeness (QED) is 0.641. The molecular weight excluding hydrogens is 274 g/mol. The van der Waals surface area contributed by atoms with Crippen molar-refractivity contribution in [3.63, 3.8) is 0 Å². The molecule has 0 spiro atoms. The molecule has 8 nitrogen and oxygen atoms in total. The van der Waals surface area contributed by atoms with Crippen molar-refractivity contribution in [3.8, 4) is 11.8 Å². The number of methoxy groups -OCH3 is 1. The van der Waals surface area contributed by atoms with Crippen molar-refractivity contribution in [2.24, 2.45) is 0 Å². The molecule has 1 aromatic carbocycles. The average molecular weight is 285 g/mol. The average Bonchev–Trinajstić information content (AvgIpc) is 2.37. The highest BCUT2D eigenvalue weighted by molar-refractivity contribution is 7.93. The smallest absolute Gasteiger partial charge is 0.273 e. The molecule has 0 radical (unpaired) electrons. The van der Waals surface area contributed by atoms with Crippen LogP contribution in [0.2, 0.25) is 0 Å². The van der Waals surface area contributed by atoms with E-state index in [4.69, 9.17) is 10.00 Å². The molecule has 0 saturated carbocycles. The molecule has 1 aromatic rings. The van der Waals surface area contributed by atoms with Crippen molar-refractivity contribution in [3.05, 3.63) is 28.3 Å². The molecule has 19 heavy (non-hydrogen) atoms. The SMILES string of the molecule is COc1cc([N+](=O)[O-])ccc1NS(=O)(=O)C(C)C#N. The molecule has 0 aliphatic carbocycles. The van der Waals surface area contributed by atoms with Crippen LogP contribution in [0, 0.1) is 21.4 Å². The van der Waals surface area contributed by atoms with Crippen LogP contribution in [0.5, 0.6) is 5.75 Å². The van der Waals surface area contributed by atoms with Crippen molar-refractivity contribution in [1.82, 2.24) is 0 Å². The highest BCUT2D eigenvalue weighted by atomic mass is 32.2. The van der Waals surface area contributed by atoms with Gasteiger partial charge in [-0.05, 0) is 13.0 Å². The Morgan fingerprint density at radius 2 is 2.16 bits per heavy atom. The van der Waals surface area contributed by atoms with Crippen LogP contribution >= 0.6 is 0 Å². The first-order valence-corrected chi connectivity index (χ1v) is 6.60. The van der Waals surface area contributed by atoms with E-state index in [1.165, 1.54) is 20.1 Å². The predicted octanol–water partition coefficient (Wildman–Crippen LogP) is 1.26. The fourth-order valence-corrected chi connectivity index (χ4v) is 1.98. The largest absolute Gasteiger partial charge is 0.494 e. The molecule has 0 saturated heterocycles. The summed E-state index contributed by atoms with van der Waals surface area (Å²) in [5.74, 6) is 0.00270. The van der Waals surface area contributed by atoms with Crippen LogP contribution in [-0.4, -0.2) is 25.7 Å². The highest BCUT2D eigenvalue weighted by Crippen LogP contribution is 2.30. The molecule has 102 valence electrons. The molecule has 0 aromatic heterocycles. The summed E-state index contributed by atoms with van der Waals surface area (Å²) in [5.41, 5.74) is -0.191. The second-order valence-corrected chi connectivity index (χ2v) is 5.56. The number of rotatable bonds is 5. The number of nitro benzene ring substituents is 1. The van der Waals surface area contributed by atoms with Crippen LogP contribution < -0.4 is 9.46 Å².